The molecule has 0 spiro atoms. The molecule has 0 N–H and O–H groups in total. The predicted octanol–water partition coefficient (Wildman–Crippen LogP) is 3.44. The lowest BCUT2D eigenvalue weighted by Crippen LogP contribution is -2.02. The van der Waals surface area contributed by atoms with E-state index >= 15 is 0 Å². The number of rotatable bonds is 8. The van der Waals surface area contributed by atoms with Crippen molar-refractivity contribution >= 4 is 19.3 Å². The molecule has 21 heavy (non-hydrogen) atoms. The Labute approximate surface area is 126 Å². The summed E-state index contributed by atoms with van der Waals surface area (Å²) in [6.07, 6.45) is 1.73. The summed E-state index contributed by atoms with van der Waals surface area (Å²) in [6, 6.07) is 7.47. The third-order valence-corrected chi connectivity index (χ3v) is 5.08. The largest absolute Gasteiger partial charge is 0.427 e. The van der Waals surface area contributed by atoms with E-state index in [1.54, 1.807) is 26.4 Å². The number of carbonyl (C=O) groups excluding carboxylic acids is 1. The second-order valence-electron chi connectivity index (χ2n) is 4.34. The van der Waals surface area contributed by atoms with E-state index in [9.17, 15) is 4.79 Å². The molecule has 0 aliphatic heterocycles. The second kappa shape index (κ2) is 9.00. The molecule has 5 nitrogen and oxygen atoms in total. The smallest absolute Gasteiger partial charge is 0.308 e. The van der Waals surface area contributed by atoms with Gasteiger partial charge in [0.15, 0.2) is 0 Å². The maximum absolute atomic E-state index is 10.8. The molecule has 0 bridgehead atoms. The van der Waals surface area contributed by atoms with Gasteiger partial charge in [-0.3, -0.25) is 4.79 Å². The Bertz CT molecular complexity index is 487. The number of esters is 1. The van der Waals surface area contributed by atoms with Crippen LogP contribution in [-0.4, -0.2) is 32.6 Å². The molecule has 0 aliphatic rings. The van der Waals surface area contributed by atoms with Crippen molar-refractivity contribution in [2.75, 3.05) is 20.8 Å². The quantitative estimate of drug-likeness (QED) is 0.318. The Morgan fingerprint density at radius 1 is 1.19 bits per heavy atom. The number of carbonyl (C=O) groups is 1. The molecule has 118 valence electrons. The average Bonchev–Trinajstić information content (AvgIpc) is 2.49. The van der Waals surface area contributed by atoms with Crippen molar-refractivity contribution in [2.45, 2.75) is 26.7 Å². The minimum Gasteiger partial charge on any atom is -0.427 e. The fourth-order valence-electron chi connectivity index (χ4n) is 1.82. The highest BCUT2D eigenvalue weighted by atomic mass is 31.2. The predicted molar refractivity (Wildman–Crippen MR) is 84.7 cm³/mol. The lowest BCUT2D eigenvalue weighted by molar-refractivity contribution is -0.131. The van der Waals surface area contributed by atoms with E-state index in [1.807, 2.05) is 24.9 Å². The number of hydrogen-bond acceptors (Lipinski definition) is 5. The standard InChI is InChI=1S/C15H23O5P/c1-5-21(17-3,18-4)19-12-6-7-14-8-10-15(11-9-14)20-13(2)16/h5,8-11H,6-7,12H2,1-4H3. The highest BCUT2D eigenvalue weighted by Crippen LogP contribution is 2.48. The topological polar surface area (TPSA) is 54.0 Å². The normalized spacial score (nSPS) is 11.2. The van der Waals surface area contributed by atoms with Crippen LogP contribution in [0.2, 0.25) is 0 Å². The lowest BCUT2D eigenvalue weighted by atomic mass is 10.1. The molecular formula is C15H23O5P. The van der Waals surface area contributed by atoms with Crippen LogP contribution in [-0.2, 0) is 24.8 Å². The third-order valence-electron chi connectivity index (χ3n) is 2.89. The van der Waals surface area contributed by atoms with Crippen LogP contribution < -0.4 is 4.74 Å². The zero-order valence-electron chi connectivity index (χ0n) is 13.0. The summed E-state index contributed by atoms with van der Waals surface area (Å²) in [5.74, 6) is 2.08. The second-order valence-corrected chi connectivity index (χ2v) is 6.92. The Morgan fingerprint density at radius 3 is 2.29 bits per heavy atom. The van der Waals surface area contributed by atoms with Crippen LogP contribution in [0.25, 0.3) is 0 Å². The van der Waals surface area contributed by atoms with E-state index in [2.05, 4.69) is 0 Å². The summed E-state index contributed by atoms with van der Waals surface area (Å²) in [5.41, 5.74) is 1.16. The minimum atomic E-state index is -2.27. The first-order valence-electron chi connectivity index (χ1n) is 6.78. The van der Waals surface area contributed by atoms with Crippen LogP contribution >= 0.6 is 7.57 Å². The van der Waals surface area contributed by atoms with Gasteiger partial charge in [-0.15, -0.1) is 0 Å². The molecule has 0 saturated carbocycles. The van der Waals surface area contributed by atoms with E-state index in [-0.39, 0.29) is 5.97 Å². The van der Waals surface area contributed by atoms with Crippen molar-refractivity contribution in [3.05, 3.63) is 29.8 Å². The molecule has 0 unspecified atom stereocenters. The van der Waals surface area contributed by atoms with Crippen molar-refractivity contribution in [3.8, 4) is 5.75 Å². The van der Waals surface area contributed by atoms with E-state index < -0.39 is 7.57 Å². The van der Waals surface area contributed by atoms with Crippen LogP contribution in [0.5, 0.6) is 5.75 Å². The Kier molecular flexibility index (Phi) is 7.68. The first-order valence-corrected chi connectivity index (χ1v) is 8.39. The zero-order valence-corrected chi connectivity index (χ0v) is 13.9. The van der Waals surface area contributed by atoms with Gasteiger partial charge in [-0.2, -0.15) is 0 Å². The average molecular weight is 314 g/mol. The number of ether oxygens (including phenoxy) is 1. The molecular weight excluding hydrogens is 291 g/mol. The first kappa shape index (κ1) is 17.9. The maximum Gasteiger partial charge on any atom is 0.308 e. The summed E-state index contributed by atoms with van der Waals surface area (Å²) in [5, 5.41) is 0. The summed E-state index contributed by atoms with van der Waals surface area (Å²) in [7, 11) is 0.910. The van der Waals surface area contributed by atoms with Gasteiger partial charge in [0.25, 0.3) is 7.57 Å². The molecule has 1 aromatic rings. The molecule has 6 heteroatoms. The summed E-state index contributed by atoms with van der Waals surface area (Å²) < 4.78 is 21.3. The summed E-state index contributed by atoms with van der Waals surface area (Å²) in [4.78, 5) is 10.8. The molecule has 0 fully saturated rings. The van der Waals surface area contributed by atoms with Crippen LogP contribution in [0.3, 0.4) is 0 Å². The molecule has 0 radical (unpaired) electrons. The van der Waals surface area contributed by atoms with Gasteiger partial charge in [0, 0.05) is 21.1 Å². The van der Waals surface area contributed by atoms with Gasteiger partial charge in [-0.1, -0.05) is 12.1 Å². The van der Waals surface area contributed by atoms with Gasteiger partial charge >= 0.3 is 5.97 Å². The van der Waals surface area contributed by atoms with Crippen molar-refractivity contribution in [2.24, 2.45) is 0 Å². The van der Waals surface area contributed by atoms with Crippen LogP contribution in [0.15, 0.2) is 24.3 Å². The van der Waals surface area contributed by atoms with Crippen molar-refractivity contribution in [1.82, 2.24) is 0 Å². The van der Waals surface area contributed by atoms with E-state index in [4.69, 9.17) is 18.3 Å². The number of hydrogen-bond donors (Lipinski definition) is 0. The van der Waals surface area contributed by atoms with Gasteiger partial charge in [0.05, 0.1) is 6.61 Å². The first-order chi connectivity index (χ1) is 10.0. The van der Waals surface area contributed by atoms with Crippen molar-refractivity contribution < 1.29 is 23.1 Å². The van der Waals surface area contributed by atoms with Crippen LogP contribution in [0, 0.1) is 0 Å². The van der Waals surface area contributed by atoms with Crippen LogP contribution in [0.1, 0.15) is 25.8 Å². The highest BCUT2D eigenvalue weighted by Gasteiger charge is 2.14. The Balaban J connectivity index is 2.41. The molecule has 0 amide bonds. The van der Waals surface area contributed by atoms with Gasteiger partial charge in [-0.25, -0.2) is 0 Å². The highest BCUT2D eigenvalue weighted by molar-refractivity contribution is 7.60. The fraction of sp³-hybridized carbons (Fsp3) is 0.467. The third kappa shape index (κ3) is 6.02. The van der Waals surface area contributed by atoms with Gasteiger partial charge < -0.3 is 18.3 Å². The molecule has 1 aromatic carbocycles. The molecule has 0 aliphatic carbocycles. The molecule has 1 rings (SSSR count). The lowest BCUT2D eigenvalue weighted by Gasteiger charge is -2.21. The van der Waals surface area contributed by atoms with Crippen molar-refractivity contribution in [1.29, 1.82) is 0 Å². The summed E-state index contributed by atoms with van der Waals surface area (Å²) >= 11 is 0. The number of benzene rings is 1. The minimum absolute atomic E-state index is 0.314. The van der Waals surface area contributed by atoms with Gasteiger partial charge in [-0.05, 0) is 43.3 Å². The van der Waals surface area contributed by atoms with Crippen molar-refractivity contribution in [3.63, 3.8) is 0 Å². The molecule has 0 aromatic heterocycles. The molecule has 0 heterocycles. The SMILES string of the molecule is CC=P(OC)(OC)OCCCc1ccc(OC(C)=O)cc1. The van der Waals surface area contributed by atoms with Gasteiger partial charge in [0.1, 0.15) is 5.75 Å². The number of aryl methyl sites for hydroxylation is 1. The molecule has 0 saturated heterocycles. The summed E-state index contributed by atoms with van der Waals surface area (Å²) in [6.45, 7) is 3.82. The van der Waals surface area contributed by atoms with Crippen LogP contribution in [0.4, 0.5) is 0 Å². The zero-order chi connectivity index (χ0) is 15.7. The fourth-order valence-corrected chi connectivity index (χ4v) is 3.14. The van der Waals surface area contributed by atoms with E-state index in [0.29, 0.717) is 12.4 Å². The Morgan fingerprint density at radius 2 is 1.81 bits per heavy atom. The molecule has 0 atom stereocenters. The van der Waals surface area contributed by atoms with E-state index in [0.717, 1.165) is 18.4 Å². The Hall–Kier alpha value is -1.13. The monoisotopic (exact) mass is 314 g/mol. The maximum atomic E-state index is 10.8. The van der Waals surface area contributed by atoms with Gasteiger partial charge in [0.2, 0.25) is 0 Å². The van der Waals surface area contributed by atoms with E-state index in [1.165, 1.54) is 6.92 Å².